The highest BCUT2D eigenvalue weighted by Gasteiger charge is 2.19. The summed E-state index contributed by atoms with van der Waals surface area (Å²) >= 11 is 0. The van der Waals surface area contributed by atoms with E-state index in [0.29, 0.717) is 11.3 Å². The van der Waals surface area contributed by atoms with Gasteiger partial charge in [0.2, 0.25) is 0 Å². The molecule has 0 atom stereocenters. The van der Waals surface area contributed by atoms with Gasteiger partial charge in [0, 0.05) is 18.8 Å². The van der Waals surface area contributed by atoms with Crippen molar-refractivity contribution >= 4 is 23.2 Å². The zero-order valence-electron chi connectivity index (χ0n) is 11.8. The smallest absolute Gasteiger partial charge is 0.388 e. The molecule has 2 aromatic heterocycles. The summed E-state index contributed by atoms with van der Waals surface area (Å²) in [6, 6.07) is 14.2. The number of imidazole rings is 1. The zero-order chi connectivity index (χ0) is 15.5. The van der Waals surface area contributed by atoms with Crippen LogP contribution < -0.4 is 10.1 Å². The van der Waals surface area contributed by atoms with E-state index in [1.54, 1.807) is 53.1 Å². The molecule has 6 nitrogen and oxygen atoms in total. The number of Topliss-reactive ketones (excluding diaryl/α,β-unsaturated/α-hetero) is 1. The molecular weight excluding hydrogens is 282 g/mol. The number of benzene rings is 1. The van der Waals surface area contributed by atoms with Gasteiger partial charge in [-0.15, -0.1) is 0 Å². The summed E-state index contributed by atoms with van der Waals surface area (Å²) in [6.07, 6.45) is 0.998. The monoisotopic (exact) mass is 295 g/mol. The van der Waals surface area contributed by atoms with Crippen molar-refractivity contribution in [3.63, 3.8) is 0 Å². The lowest BCUT2D eigenvalue weighted by Crippen LogP contribution is -2.18. The second-order valence-electron chi connectivity index (χ2n) is 4.63. The maximum atomic E-state index is 11.9. The maximum absolute atomic E-state index is 11.9. The van der Waals surface area contributed by atoms with Gasteiger partial charge in [-0.25, -0.2) is 4.79 Å². The Morgan fingerprint density at radius 1 is 1.09 bits per heavy atom. The molecule has 22 heavy (non-hydrogen) atoms. The lowest BCUT2D eigenvalue weighted by Gasteiger charge is -2.05. The number of fused-ring (bicyclic) bond motifs is 1. The van der Waals surface area contributed by atoms with Crippen LogP contribution in [0.15, 0.2) is 54.7 Å². The third kappa shape index (κ3) is 2.67. The molecule has 0 aliphatic rings. The Morgan fingerprint density at radius 3 is 2.55 bits per heavy atom. The Balaban J connectivity index is 1.89. The van der Waals surface area contributed by atoms with Crippen molar-refractivity contribution in [1.29, 1.82) is 0 Å². The molecule has 110 valence electrons. The standard InChI is InChI=1S/C16H13N3O3/c1-11(20)14-15(18-13-9-5-6-10-19(13)14)22-16(21)17-12-7-3-2-4-8-12/h2-10H,1H3,(H,17,21). The highest BCUT2D eigenvalue weighted by Crippen LogP contribution is 2.21. The quantitative estimate of drug-likeness (QED) is 0.753. The molecule has 3 rings (SSSR count). The first-order valence-electron chi connectivity index (χ1n) is 6.67. The zero-order valence-corrected chi connectivity index (χ0v) is 11.8. The highest BCUT2D eigenvalue weighted by atomic mass is 16.6. The number of nitrogens with zero attached hydrogens (tertiary/aromatic N) is 2. The number of ether oxygens (including phenoxy) is 1. The number of para-hydroxylation sites is 1. The third-order valence-electron chi connectivity index (χ3n) is 3.04. The first-order chi connectivity index (χ1) is 10.6. The molecule has 0 aliphatic carbocycles. The van der Waals surface area contributed by atoms with Gasteiger partial charge in [0.25, 0.3) is 5.88 Å². The molecule has 0 saturated heterocycles. The van der Waals surface area contributed by atoms with Crippen molar-refractivity contribution in [2.45, 2.75) is 6.92 Å². The minimum Gasteiger partial charge on any atom is -0.388 e. The van der Waals surface area contributed by atoms with Gasteiger partial charge < -0.3 is 4.74 Å². The lowest BCUT2D eigenvalue weighted by molar-refractivity contribution is 0.101. The Hall–Kier alpha value is -3.15. The number of ketones is 1. The molecule has 0 spiro atoms. The number of rotatable bonds is 3. The molecule has 0 radical (unpaired) electrons. The van der Waals surface area contributed by atoms with Crippen molar-refractivity contribution in [3.8, 4) is 5.88 Å². The normalized spacial score (nSPS) is 10.4. The van der Waals surface area contributed by atoms with Gasteiger partial charge in [-0.05, 0) is 24.3 Å². The van der Waals surface area contributed by atoms with Crippen LogP contribution in [0, 0.1) is 0 Å². The summed E-state index contributed by atoms with van der Waals surface area (Å²) in [5.74, 6) is -0.242. The fourth-order valence-corrected chi connectivity index (χ4v) is 2.12. The van der Waals surface area contributed by atoms with Crippen molar-refractivity contribution in [1.82, 2.24) is 9.38 Å². The predicted molar refractivity (Wildman–Crippen MR) is 81.3 cm³/mol. The van der Waals surface area contributed by atoms with E-state index >= 15 is 0 Å². The molecule has 2 heterocycles. The largest absolute Gasteiger partial charge is 0.418 e. The van der Waals surface area contributed by atoms with E-state index in [1.807, 2.05) is 6.07 Å². The second kappa shape index (κ2) is 5.69. The molecule has 3 aromatic rings. The summed E-state index contributed by atoms with van der Waals surface area (Å²) < 4.78 is 6.78. The van der Waals surface area contributed by atoms with E-state index in [0.717, 1.165) is 0 Å². The van der Waals surface area contributed by atoms with Crippen molar-refractivity contribution < 1.29 is 14.3 Å². The number of pyridine rings is 1. The van der Waals surface area contributed by atoms with Crippen LogP contribution >= 0.6 is 0 Å². The van der Waals surface area contributed by atoms with Crippen LogP contribution in [-0.4, -0.2) is 21.3 Å². The number of aromatic nitrogens is 2. The first-order valence-corrected chi connectivity index (χ1v) is 6.67. The number of hydrogen-bond acceptors (Lipinski definition) is 4. The number of nitrogens with one attached hydrogen (secondary N) is 1. The van der Waals surface area contributed by atoms with Crippen molar-refractivity contribution in [2.75, 3.05) is 5.32 Å². The molecular formula is C16H13N3O3. The second-order valence-corrected chi connectivity index (χ2v) is 4.63. The SMILES string of the molecule is CC(=O)c1c(OC(=O)Nc2ccccc2)nc2ccccn12. The van der Waals surface area contributed by atoms with Crippen LogP contribution in [0.2, 0.25) is 0 Å². The number of amides is 1. The Bertz CT molecular complexity index is 840. The summed E-state index contributed by atoms with van der Waals surface area (Å²) in [5, 5.41) is 2.58. The Morgan fingerprint density at radius 2 is 1.82 bits per heavy atom. The molecule has 0 bridgehead atoms. The van der Waals surface area contributed by atoms with Crippen LogP contribution in [0.25, 0.3) is 5.65 Å². The van der Waals surface area contributed by atoms with Crippen LogP contribution in [0.1, 0.15) is 17.4 Å². The third-order valence-corrected chi connectivity index (χ3v) is 3.04. The molecule has 1 N–H and O–H groups in total. The number of anilines is 1. The molecule has 6 heteroatoms. The van der Waals surface area contributed by atoms with E-state index in [9.17, 15) is 9.59 Å². The number of carbonyl (C=O) groups is 2. The lowest BCUT2D eigenvalue weighted by atomic mass is 10.3. The van der Waals surface area contributed by atoms with E-state index < -0.39 is 6.09 Å². The van der Waals surface area contributed by atoms with E-state index in [4.69, 9.17) is 4.74 Å². The van der Waals surface area contributed by atoms with Crippen LogP contribution in [0.4, 0.5) is 10.5 Å². The van der Waals surface area contributed by atoms with E-state index in [2.05, 4.69) is 10.3 Å². The minimum atomic E-state index is -0.697. The van der Waals surface area contributed by atoms with Gasteiger partial charge >= 0.3 is 6.09 Å². The van der Waals surface area contributed by atoms with Crippen LogP contribution in [0.5, 0.6) is 5.88 Å². The van der Waals surface area contributed by atoms with Gasteiger partial charge in [0.05, 0.1) is 0 Å². The van der Waals surface area contributed by atoms with Crippen LogP contribution in [-0.2, 0) is 0 Å². The molecule has 0 unspecified atom stereocenters. The average molecular weight is 295 g/mol. The average Bonchev–Trinajstić information content (AvgIpc) is 2.85. The number of hydrogen-bond donors (Lipinski definition) is 1. The summed E-state index contributed by atoms with van der Waals surface area (Å²) in [5.41, 5.74) is 1.37. The summed E-state index contributed by atoms with van der Waals surface area (Å²) in [6.45, 7) is 1.40. The molecule has 1 aromatic carbocycles. The van der Waals surface area contributed by atoms with Crippen molar-refractivity contribution in [3.05, 3.63) is 60.4 Å². The Labute approximate surface area is 126 Å². The fraction of sp³-hybridized carbons (Fsp3) is 0.0625. The van der Waals surface area contributed by atoms with Crippen LogP contribution in [0.3, 0.4) is 0 Å². The van der Waals surface area contributed by atoms with Gasteiger partial charge in [-0.3, -0.25) is 14.5 Å². The molecule has 0 saturated carbocycles. The Kier molecular flexibility index (Phi) is 3.57. The number of carbonyl (C=O) groups excluding carboxylic acids is 2. The van der Waals surface area contributed by atoms with E-state index in [1.165, 1.54) is 6.92 Å². The minimum absolute atomic E-state index is 0.00729. The van der Waals surface area contributed by atoms with Gasteiger partial charge in [-0.2, -0.15) is 4.98 Å². The summed E-state index contributed by atoms with van der Waals surface area (Å²) in [4.78, 5) is 27.9. The topological polar surface area (TPSA) is 72.7 Å². The fourth-order valence-electron chi connectivity index (χ4n) is 2.12. The van der Waals surface area contributed by atoms with Gasteiger partial charge in [-0.1, -0.05) is 24.3 Å². The summed E-state index contributed by atoms with van der Waals surface area (Å²) in [7, 11) is 0. The molecule has 0 fully saturated rings. The van der Waals surface area contributed by atoms with E-state index in [-0.39, 0.29) is 17.4 Å². The molecule has 0 aliphatic heterocycles. The van der Waals surface area contributed by atoms with Gasteiger partial charge in [0.1, 0.15) is 5.65 Å². The maximum Gasteiger partial charge on any atom is 0.418 e. The predicted octanol–water partition coefficient (Wildman–Crippen LogP) is 3.15. The first kappa shape index (κ1) is 13.8. The van der Waals surface area contributed by atoms with Crippen molar-refractivity contribution in [2.24, 2.45) is 0 Å². The highest BCUT2D eigenvalue weighted by molar-refractivity contribution is 5.97. The van der Waals surface area contributed by atoms with Gasteiger partial charge in [0.15, 0.2) is 11.5 Å². The molecule has 1 amide bonds.